The van der Waals surface area contributed by atoms with Gasteiger partial charge < -0.3 is 14.6 Å². The highest BCUT2D eigenvalue weighted by Crippen LogP contribution is 2.27. The van der Waals surface area contributed by atoms with E-state index in [0.29, 0.717) is 46.6 Å². The minimum atomic E-state index is -0.382. The molecule has 194 valence electrons. The lowest BCUT2D eigenvalue weighted by molar-refractivity contribution is 0.0952. The van der Waals surface area contributed by atoms with Gasteiger partial charge in [0.25, 0.3) is 11.5 Å². The number of nitrogens with zero attached hydrogens (tertiary/aromatic N) is 4. The summed E-state index contributed by atoms with van der Waals surface area (Å²) in [5, 5.41) is 14.7. The molecule has 8 heteroatoms. The van der Waals surface area contributed by atoms with Crippen LogP contribution in [-0.4, -0.2) is 33.6 Å². The molecule has 0 fully saturated rings. The second-order valence-corrected chi connectivity index (χ2v) is 9.42. The monoisotopic (exact) mass is 517 g/mol. The van der Waals surface area contributed by atoms with Gasteiger partial charge >= 0.3 is 0 Å². The smallest absolute Gasteiger partial charge is 0.276 e. The van der Waals surface area contributed by atoms with E-state index in [-0.39, 0.29) is 23.9 Å². The van der Waals surface area contributed by atoms with Crippen molar-refractivity contribution in [2.24, 2.45) is 7.05 Å². The van der Waals surface area contributed by atoms with E-state index in [0.717, 1.165) is 21.7 Å². The molecule has 8 nitrogen and oxygen atoms in total. The van der Waals surface area contributed by atoms with E-state index in [1.165, 1.54) is 4.57 Å². The fourth-order valence-electron chi connectivity index (χ4n) is 4.55. The van der Waals surface area contributed by atoms with Crippen LogP contribution in [0.25, 0.3) is 34.4 Å². The fraction of sp³-hybridized carbons (Fsp3) is 0.194. The highest BCUT2D eigenvalue weighted by molar-refractivity contribution is 5.94. The first-order valence-electron chi connectivity index (χ1n) is 12.6. The van der Waals surface area contributed by atoms with E-state index in [1.54, 1.807) is 25.4 Å². The van der Waals surface area contributed by atoms with E-state index in [4.69, 9.17) is 9.72 Å². The summed E-state index contributed by atoms with van der Waals surface area (Å²) in [7, 11) is 1.70. The van der Waals surface area contributed by atoms with Gasteiger partial charge in [0.05, 0.1) is 41.9 Å². The molecule has 0 spiro atoms. The van der Waals surface area contributed by atoms with Gasteiger partial charge in [0.1, 0.15) is 5.52 Å². The van der Waals surface area contributed by atoms with Gasteiger partial charge in [-0.25, -0.2) is 9.97 Å². The Balaban J connectivity index is 1.38. The first-order valence-corrected chi connectivity index (χ1v) is 12.6. The normalized spacial score (nSPS) is 15.6. The number of ether oxygens (including phenoxy) is 1. The molecule has 0 bridgehead atoms. The summed E-state index contributed by atoms with van der Waals surface area (Å²) >= 11 is 0. The number of carbonyl (C=O) groups excluding carboxylic acids is 1. The van der Waals surface area contributed by atoms with Gasteiger partial charge in [-0.2, -0.15) is 5.26 Å². The minimum absolute atomic E-state index is 0.167. The molecule has 1 amide bonds. The Morgan fingerprint density at radius 1 is 1.21 bits per heavy atom. The first-order chi connectivity index (χ1) is 18.9. The maximum absolute atomic E-state index is 12.9. The van der Waals surface area contributed by atoms with Crippen LogP contribution in [0.5, 0.6) is 0 Å². The quantitative estimate of drug-likeness (QED) is 0.436. The van der Waals surface area contributed by atoms with Gasteiger partial charge in [0.15, 0.2) is 0 Å². The molecular weight excluding hydrogens is 490 g/mol. The van der Waals surface area contributed by atoms with E-state index >= 15 is 0 Å². The predicted molar refractivity (Wildman–Crippen MR) is 150 cm³/mol. The topological polar surface area (TPSA) is 110 Å². The molecule has 1 aliphatic rings. The Morgan fingerprint density at radius 3 is 2.79 bits per heavy atom. The number of pyridine rings is 3. The predicted octanol–water partition coefficient (Wildman–Crippen LogP) is 2.70. The van der Waals surface area contributed by atoms with Crippen LogP contribution in [0, 0.1) is 11.3 Å². The number of amides is 1. The maximum Gasteiger partial charge on any atom is 0.276 e. The lowest BCUT2D eigenvalue weighted by Gasteiger charge is -2.21. The zero-order chi connectivity index (χ0) is 27.5. The van der Waals surface area contributed by atoms with Crippen LogP contribution in [-0.2, 0) is 18.4 Å². The minimum Gasteiger partial charge on any atom is -0.375 e. The van der Waals surface area contributed by atoms with Crippen molar-refractivity contribution >= 4 is 29.0 Å². The average molecular weight is 518 g/mol. The van der Waals surface area contributed by atoms with Crippen molar-refractivity contribution in [2.45, 2.75) is 19.4 Å². The van der Waals surface area contributed by atoms with Crippen molar-refractivity contribution < 1.29 is 9.53 Å². The number of hydrogen-bond acceptors (Lipinski definition) is 6. The van der Waals surface area contributed by atoms with Crippen molar-refractivity contribution in [1.82, 2.24) is 19.9 Å². The SMILES string of the molecule is C=C(/C=c1/nc(-c2ccc3ccn(C)c(=O)c3n2)cc/c1=C/C)CNC(=O)c1ccc2c(c1)C(C#N)COC2. The molecule has 3 aromatic heterocycles. The summed E-state index contributed by atoms with van der Waals surface area (Å²) in [6.07, 6.45) is 5.49. The molecule has 1 aliphatic heterocycles. The molecule has 1 N–H and O–H groups in total. The van der Waals surface area contributed by atoms with Crippen LogP contribution in [0.15, 0.2) is 71.7 Å². The van der Waals surface area contributed by atoms with Gasteiger partial charge in [-0.05, 0) is 65.3 Å². The zero-order valence-electron chi connectivity index (χ0n) is 21.8. The summed E-state index contributed by atoms with van der Waals surface area (Å²) in [5.74, 6) is -0.631. The van der Waals surface area contributed by atoms with Gasteiger partial charge in [-0.1, -0.05) is 30.9 Å². The number of fused-ring (bicyclic) bond motifs is 2. The Kier molecular flexibility index (Phi) is 7.17. The molecular formula is C31H27N5O3. The molecule has 0 saturated carbocycles. The third-order valence-electron chi connectivity index (χ3n) is 6.76. The molecule has 0 radical (unpaired) electrons. The summed E-state index contributed by atoms with van der Waals surface area (Å²) in [4.78, 5) is 34.8. The summed E-state index contributed by atoms with van der Waals surface area (Å²) in [5.41, 5.74) is 4.36. The number of aromatic nitrogens is 3. The van der Waals surface area contributed by atoms with Crippen molar-refractivity contribution in [1.29, 1.82) is 5.26 Å². The molecule has 0 aliphatic carbocycles. The van der Waals surface area contributed by atoms with Crippen LogP contribution >= 0.6 is 0 Å². The van der Waals surface area contributed by atoms with Crippen LogP contribution in [0.3, 0.4) is 0 Å². The summed E-state index contributed by atoms with van der Waals surface area (Å²) < 4.78 is 6.95. The third kappa shape index (κ3) is 5.26. The molecule has 1 aromatic carbocycles. The lowest BCUT2D eigenvalue weighted by Crippen LogP contribution is -2.30. The number of carbonyl (C=O) groups is 1. The molecule has 39 heavy (non-hydrogen) atoms. The maximum atomic E-state index is 12.9. The highest BCUT2D eigenvalue weighted by atomic mass is 16.5. The number of nitrogens with one attached hydrogen (secondary N) is 1. The second-order valence-electron chi connectivity index (χ2n) is 9.42. The Bertz CT molecular complexity index is 1850. The van der Waals surface area contributed by atoms with Crippen LogP contribution in [0.1, 0.15) is 34.3 Å². The van der Waals surface area contributed by atoms with Crippen molar-refractivity contribution in [3.63, 3.8) is 0 Å². The van der Waals surface area contributed by atoms with Gasteiger partial charge in [0.2, 0.25) is 0 Å². The molecule has 4 heterocycles. The first kappa shape index (κ1) is 25.8. The van der Waals surface area contributed by atoms with E-state index in [2.05, 4.69) is 22.9 Å². The fourth-order valence-corrected chi connectivity index (χ4v) is 4.55. The van der Waals surface area contributed by atoms with E-state index < -0.39 is 0 Å². The van der Waals surface area contributed by atoms with Crippen LogP contribution < -0.4 is 21.4 Å². The zero-order valence-corrected chi connectivity index (χ0v) is 21.8. The largest absolute Gasteiger partial charge is 0.375 e. The van der Waals surface area contributed by atoms with Gasteiger partial charge in [-0.15, -0.1) is 0 Å². The summed E-state index contributed by atoms with van der Waals surface area (Å²) in [6, 6.07) is 17.0. The number of rotatable bonds is 5. The molecule has 4 aromatic rings. The second kappa shape index (κ2) is 10.9. The molecule has 0 saturated heterocycles. The number of benzene rings is 1. The van der Waals surface area contributed by atoms with Gasteiger partial charge in [0, 0.05) is 30.7 Å². The highest BCUT2D eigenvalue weighted by Gasteiger charge is 2.22. The standard InChI is InChI=1S/C31H27N5O3/c1-4-20-7-9-26(27-10-8-21-11-12-36(3)31(38)29(21)35-27)34-28(20)13-19(2)16-33-30(37)22-5-6-23-17-39-18-24(15-32)25(23)14-22/h4-14,24H,2,16-18H2,1,3H3,(H,33,37)/b20-4-,28-13+. The lowest BCUT2D eigenvalue weighted by atomic mass is 9.92. The number of hydrogen-bond donors (Lipinski definition) is 1. The van der Waals surface area contributed by atoms with Crippen molar-refractivity contribution in [3.8, 4) is 17.5 Å². The number of nitriles is 1. The number of aryl methyl sites for hydroxylation is 1. The molecule has 1 atom stereocenters. The van der Waals surface area contributed by atoms with Gasteiger partial charge in [-0.3, -0.25) is 9.59 Å². The molecule has 5 rings (SSSR count). The Labute approximate surface area is 225 Å². The summed E-state index contributed by atoms with van der Waals surface area (Å²) in [6.45, 7) is 7.02. The third-order valence-corrected chi connectivity index (χ3v) is 6.76. The average Bonchev–Trinajstić information content (AvgIpc) is 2.97. The van der Waals surface area contributed by atoms with Crippen molar-refractivity contribution in [3.05, 3.63) is 104 Å². The Hall–Kier alpha value is -4.87. The van der Waals surface area contributed by atoms with E-state index in [9.17, 15) is 14.9 Å². The van der Waals surface area contributed by atoms with Crippen LogP contribution in [0.2, 0.25) is 0 Å². The van der Waals surface area contributed by atoms with Crippen LogP contribution in [0.4, 0.5) is 0 Å². The van der Waals surface area contributed by atoms with E-state index in [1.807, 2.05) is 55.5 Å². The molecule has 1 unspecified atom stereocenters. The Morgan fingerprint density at radius 2 is 2.00 bits per heavy atom. The van der Waals surface area contributed by atoms with Crippen molar-refractivity contribution in [2.75, 3.05) is 13.2 Å².